The molecule has 1 N–H and O–H groups in total. The number of rotatable bonds is 9. The zero-order valence-electron chi connectivity index (χ0n) is 21.2. The maximum absolute atomic E-state index is 13.3. The third kappa shape index (κ3) is 6.67. The number of nitro benzene ring substituents is 1. The van der Waals surface area contributed by atoms with Gasteiger partial charge in [0, 0.05) is 32.7 Å². The molecule has 1 amide bonds. The highest BCUT2D eigenvalue weighted by atomic mass is 79.9. The minimum Gasteiger partial charge on any atom is -0.476 e. The van der Waals surface area contributed by atoms with Gasteiger partial charge in [-0.1, -0.05) is 53.0 Å². The van der Waals surface area contributed by atoms with Gasteiger partial charge in [0.25, 0.3) is 11.5 Å². The van der Waals surface area contributed by atoms with Crippen LogP contribution in [0.2, 0.25) is 10.0 Å². The zero-order chi connectivity index (χ0) is 29.0. The van der Waals surface area contributed by atoms with Crippen molar-refractivity contribution < 1.29 is 14.5 Å². The van der Waals surface area contributed by atoms with Gasteiger partial charge in [-0.25, -0.2) is 4.98 Å². The lowest BCUT2D eigenvalue weighted by molar-refractivity contribution is -0.385. The van der Waals surface area contributed by atoms with E-state index < -0.39 is 23.1 Å². The molecule has 0 saturated heterocycles. The maximum atomic E-state index is 13.3. The molecule has 0 radical (unpaired) electrons. The minimum absolute atomic E-state index is 0.0920. The fraction of sp³-hybridized carbons (Fsp3) is 0.185. The van der Waals surface area contributed by atoms with E-state index in [-0.39, 0.29) is 27.8 Å². The number of carbonyl (C=O) groups excluding carboxylic acids is 1. The Balaban J connectivity index is 1.64. The van der Waals surface area contributed by atoms with Crippen LogP contribution in [0.15, 0.2) is 69.0 Å². The fourth-order valence-electron chi connectivity index (χ4n) is 3.72. The molecule has 0 aliphatic heterocycles. The highest BCUT2D eigenvalue weighted by Gasteiger charge is 2.22. The Bertz CT molecular complexity index is 1690. The van der Waals surface area contributed by atoms with E-state index in [4.69, 9.17) is 27.9 Å². The summed E-state index contributed by atoms with van der Waals surface area (Å²) in [6.07, 6.45) is 1.99. The molecule has 10 nitrogen and oxygen atoms in total. The molecule has 4 aromatic rings. The van der Waals surface area contributed by atoms with E-state index in [1.54, 1.807) is 42.5 Å². The highest BCUT2D eigenvalue weighted by molar-refractivity contribution is 9.10. The van der Waals surface area contributed by atoms with Crippen LogP contribution in [0.3, 0.4) is 0 Å². The molecule has 4 rings (SSSR count). The molecule has 0 aliphatic carbocycles. The molecule has 1 atom stereocenters. The summed E-state index contributed by atoms with van der Waals surface area (Å²) in [7, 11) is 0. The van der Waals surface area contributed by atoms with E-state index in [1.165, 1.54) is 23.0 Å². The summed E-state index contributed by atoms with van der Waals surface area (Å²) in [6.45, 7) is 3.37. The summed E-state index contributed by atoms with van der Waals surface area (Å²) in [5.41, 5.74) is 0.405. The van der Waals surface area contributed by atoms with Gasteiger partial charge in [0.1, 0.15) is 5.82 Å². The number of nitrogens with zero attached hydrogens (tertiary/aromatic N) is 4. The smallest absolute Gasteiger partial charge is 0.313 e. The standard InChI is InChI=1S/C27H22BrCl2N5O5/c1-3-15(2)26-33-22-9-4-17(28)12-20(22)27(37)34(26)31-13-16-10-21(30)25(23(11-16)35(38)39)40-14-24(36)32-19-7-5-18(29)6-8-19/h4-13,15H,3,14H2,1-2H3,(H,32,36)/t15-/m1/s1. The molecule has 0 bridgehead atoms. The Morgan fingerprint density at radius 3 is 2.62 bits per heavy atom. The van der Waals surface area contributed by atoms with Crippen LogP contribution < -0.4 is 15.6 Å². The molecule has 0 aliphatic rings. The van der Waals surface area contributed by atoms with E-state index >= 15 is 0 Å². The van der Waals surface area contributed by atoms with Gasteiger partial charge in [0.05, 0.1) is 27.1 Å². The highest BCUT2D eigenvalue weighted by Crippen LogP contribution is 2.36. The predicted octanol–water partition coefficient (Wildman–Crippen LogP) is 6.79. The summed E-state index contributed by atoms with van der Waals surface area (Å²) < 4.78 is 7.32. The van der Waals surface area contributed by atoms with Crippen LogP contribution in [0, 0.1) is 10.1 Å². The first-order chi connectivity index (χ1) is 19.1. The number of fused-ring (bicyclic) bond motifs is 1. The lowest BCUT2D eigenvalue weighted by Crippen LogP contribution is -2.23. The molecular weight excluding hydrogens is 625 g/mol. The number of anilines is 1. The monoisotopic (exact) mass is 645 g/mol. The van der Waals surface area contributed by atoms with Crippen molar-refractivity contribution in [2.75, 3.05) is 11.9 Å². The number of nitrogens with one attached hydrogen (secondary N) is 1. The molecule has 206 valence electrons. The van der Waals surface area contributed by atoms with Gasteiger partial charge in [0.15, 0.2) is 6.61 Å². The van der Waals surface area contributed by atoms with Crippen molar-refractivity contribution in [3.63, 3.8) is 0 Å². The average Bonchev–Trinajstić information content (AvgIpc) is 2.92. The Morgan fingerprint density at radius 1 is 1.23 bits per heavy atom. The Morgan fingerprint density at radius 2 is 1.95 bits per heavy atom. The lowest BCUT2D eigenvalue weighted by Gasteiger charge is -2.14. The number of hydrogen-bond acceptors (Lipinski definition) is 7. The van der Waals surface area contributed by atoms with Crippen LogP contribution in [0.4, 0.5) is 11.4 Å². The van der Waals surface area contributed by atoms with Gasteiger partial charge >= 0.3 is 5.69 Å². The Kier molecular flexibility index (Phi) is 9.18. The minimum atomic E-state index is -0.679. The second-order valence-corrected chi connectivity index (χ2v) is 10.5. The second kappa shape index (κ2) is 12.6. The zero-order valence-corrected chi connectivity index (χ0v) is 24.3. The number of aromatic nitrogens is 2. The summed E-state index contributed by atoms with van der Waals surface area (Å²) in [4.78, 5) is 41.4. The number of benzene rings is 3. The van der Waals surface area contributed by atoms with Crippen LogP contribution in [0.1, 0.15) is 37.6 Å². The van der Waals surface area contributed by atoms with Crippen molar-refractivity contribution >= 4 is 73.5 Å². The van der Waals surface area contributed by atoms with Gasteiger partial charge < -0.3 is 10.1 Å². The van der Waals surface area contributed by atoms with Crippen LogP contribution in [0.25, 0.3) is 10.9 Å². The van der Waals surface area contributed by atoms with Gasteiger partial charge in [-0.2, -0.15) is 9.78 Å². The first-order valence-electron chi connectivity index (χ1n) is 12.0. The quantitative estimate of drug-likeness (QED) is 0.121. The van der Waals surface area contributed by atoms with E-state index in [9.17, 15) is 19.7 Å². The molecule has 1 aromatic heterocycles. The van der Waals surface area contributed by atoms with Crippen LogP contribution >= 0.6 is 39.1 Å². The molecule has 3 aromatic carbocycles. The Hall–Kier alpha value is -3.80. The predicted molar refractivity (Wildman–Crippen MR) is 159 cm³/mol. The molecule has 0 unspecified atom stereocenters. The Labute approximate surface area is 246 Å². The molecule has 13 heteroatoms. The van der Waals surface area contributed by atoms with Crippen molar-refractivity contribution in [2.45, 2.75) is 26.2 Å². The van der Waals surface area contributed by atoms with Crippen molar-refractivity contribution in [3.8, 4) is 5.75 Å². The maximum Gasteiger partial charge on any atom is 0.313 e. The van der Waals surface area contributed by atoms with E-state index in [2.05, 4.69) is 31.3 Å². The lowest BCUT2D eigenvalue weighted by atomic mass is 10.1. The van der Waals surface area contributed by atoms with Gasteiger partial charge in [-0.3, -0.25) is 19.7 Å². The second-order valence-electron chi connectivity index (χ2n) is 8.75. The molecule has 1 heterocycles. The van der Waals surface area contributed by atoms with Crippen LogP contribution in [0.5, 0.6) is 5.75 Å². The van der Waals surface area contributed by atoms with Crippen molar-refractivity contribution in [3.05, 3.63) is 101 Å². The summed E-state index contributed by atoms with van der Waals surface area (Å²) in [5, 5.41) is 19.5. The van der Waals surface area contributed by atoms with E-state index in [0.717, 1.165) is 0 Å². The molecular formula is C27H22BrCl2N5O5. The van der Waals surface area contributed by atoms with E-state index in [0.29, 0.717) is 38.3 Å². The number of amides is 1. The number of halogens is 3. The topological polar surface area (TPSA) is 129 Å². The number of carbonyl (C=O) groups is 1. The van der Waals surface area contributed by atoms with E-state index in [1.807, 2.05) is 13.8 Å². The van der Waals surface area contributed by atoms with Crippen LogP contribution in [-0.4, -0.2) is 33.3 Å². The summed E-state index contributed by atoms with van der Waals surface area (Å²) >= 11 is 15.5. The first kappa shape index (κ1) is 29.2. The molecule has 0 spiro atoms. The van der Waals surface area contributed by atoms with Gasteiger partial charge in [-0.15, -0.1) is 0 Å². The molecule has 0 fully saturated rings. The number of hydrogen-bond donors (Lipinski definition) is 1. The largest absolute Gasteiger partial charge is 0.476 e. The number of nitro groups is 1. The molecule has 0 saturated carbocycles. The normalized spacial score (nSPS) is 12.0. The average molecular weight is 647 g/mol. The van der Waals surface area contributed by atoms with Crippen molar-refractivity contribution in [1.29, 1.82) is 0 Å². The summed E-state index contributed by atoms with van der Waals surface area (Å²) in [6, 6.07) is 14.2. The van der Waals surface area contributed by atoms with Gasteiger partial charge in [0.2, 0.25) is 5.75 Å². The fourth-order valence-corrected chi connectivity index (χ4v) is 4.49. The SMILES string of the molecule is CC[C@@H](C)c1nc2ccc(Br)cc2c(=O)n1N=Cc1cc(Cl)c(OCC(=O)Nc2ccc(Cl)cc2)c([N+](=O)[O-])c1. The van der Waals surface area contributed by atoms with Gasteiger partial charge in [-0.05, 0) is 55.0 Å². The number of ether oxygens (including phenoxy) is 1. The van der Waals surface area contributed by atoms with Crippen molar-refractivity contribution in [1.82, 2.24) is 9.66 Å². The van der Waals surface area contributed by atoms with Crippen molar-refractivity contribution in [2.24, 2.45) is 5.10 Å². The van der Waals surface area contributed by atoms with Crippen LogP contribution in [-0.2, 0) is 4.79 Å². The molecule has 40 heavy (non-hydrogen) atoms. The summed E-state index contributed by atoms with van der Waals surface area (Å²) in [5.74, 6) is -0.466. The first-order valence-corrected chi connectivity index (χ1v) is 13.5. The third-order valence-corrected chi connectivity index (χ3v) is 6.95. The third-order valence-electron chi connectivity index (χ3n) is 5.93.